The molecule has 0 N–H and O–H groups in total. The first-order valence-corrected chi connectivity index (χ1v) is 11.1. The lowest BCUT2D eigenvalue weighted by molar-refractivity contribution is -0.159. The molecule has 3 aromatic carbocycles. The number of carbonyl (C=O) groups excluding carboxylic acids is 1. The molecule has 168 valence electrons. The predicted octanol–water partition coefficient (Wildman–Crippen LogP) is 5.76. The van der Waals surface area contributed by atoms with E-state index in [-0.39, 0.29) is 5.97 Å². The molecule has 0 aliphatic rings. The van der Waals surface area contributed by atoms with Gasteiger partial charge >= 0.3 is 5.97 Å². The third kappa shape index (κ3) is 7.40. The van der Waals surface area contributed by atoms with Gasteiger partial charge in [0.1, 0.15) is 12.4 Å². The van der Waals surface area contributed by atoms with Crippen molar-refractivity contribution >= 4 is 17.6 Å². The second-order valence-corrected chi connectivity index (χ2v) is 8.86. The number of hydrogen-bond donors (Lipinski definition) is 0. The maximum atomic E-state index is 12.6. The summed E-state index contributed by atoms with van der Waals surface area (Å²) in [4.78, 5) is 14.7. The van der Waals surface area contributed by atoms with Gasteiger partial charge in [0.15, 0.2) is 5.60 Å². The van der Waals surface area contributed by atoms with Crippen molar-refractivity contribution in [2.24, 2.45) is 0 Å². The Labute approximate surface area is 195 Å². The van der Waals surface area contributed by atoms with Gasteiger partial charge in [0.25, 0.3) is 0 Å². The summed E-state index contributed by atoms with van der Waals surface area (Å²) in [6, 6.07) is 25.8. The first-order chi connectivity index (χ1) is 15.3. The molecule has 0 heterocycles. The van der Waals surface area contributed by atoms with Gasteiger partial charge in [-0.1, -0.05) is 66.2 Å². The smallest absolute Gasteiger partial charge is 0.349 e. The molecule has 5 heteroatoms. The molecule has 3 aromatic rings. The van der Waals surface area contributed by atoms with Crippen LogP contribution in [-0.4, -0.2) is 36.7 Å². The summed E-state index contributed by atoms with van der Waals surface area (Å²) in [5, 5.41) is 0.731. The SMILES string of the molecule is CN(CCOC(=O)C(C)(C)Oc1ccc(Cc2ccc(Cl)cc2)cc1)Cc1ccccc1. The van der Waals surface area contributed by atoms with Gasteiger partial charge in [-0.2, -0.15) is 0 Å². The summed E-state index contributed by atoms with van der Waals surface area (Å²) in [7, 11) is 2.01. The van der Waals surface area contributed by atoms with E-state index < -0.39 is 5.60 Å². The molecule has 32 heavy (non-hydrogen) atoms. The zero-order chi connectivity index (χ0) is 23.0. The molecule has 0 fully saturated rings. The maximum Gasteiger partial charge on any atom is 0.349 e. The largest absolute Gasteiger partial charge is 0.476 e. The summed E-state index contributed by atoms with van der Waals surface area (Å²) in [6.07, 6.45) is 0.805. The van der Waals surface area contributed by atoms with Gasteiger partial charge in [0.2, 0.25) is 0 Å². The van der Waals surface area contributed by atoms with Crippen LogP contribution in [0.2, 0.25) is 5.02 Å². The van der Waals surface area contributed by atoms with Crippen molar-refractivity contribution in [2.75, 3.05) is 20.2 Å². The van der Waals surface area contributed by atoms with Crippen LogP contribution < -0.4 is 4.74 Å². The lowest BCUT2D eigenvalue weighted by Crippen LogP contribution is -2.40. The van der Waals surface area contributed by atoms with E-state index in [1.54, 1.807) is 13.8 Å². The third-order valence-electron chi connectivity index (χ3n) is 5.11. The van der Waals surface area contributed by atoms with Gasteiger partial charge in [-0.25, -0.2) is 4.79 Å². The highest BCUT2D eigenvalue weighted by Crippen LogP contribution is 2.22. The Bertz CT molecular complexity index is 986. The number of nitrogens with zero attached hydrogens (tertiary/aromatic N) is 1. The van der Waals surface area contributed by atoms with E-state index in [1.165, 1.54) is 11.1 Å². The standard InChI is InChI=1S/C27H30ClNO3/c1-27(2,26(30)31-18-17-29(3)20-23-7-5-4-6-8-23)32-25-15-11-22(12-16-25)19-21-9-13-24(28)14-10-21/h4-16H,17-20H2,1-3H3. The summed E-state index contributed by atoms with van der Waals surface area (Å²) in [6.45, 7) is 5.22. The number of carbonyl (C=O) groups is 1. The Kier molecular flexibility index (Phi) is 8.32. The molecule has 0 bridgehead atoms. The van der Waals surface area contributed by atoms with Crippen LogP contribution in [0.5, 0.6) is 5.75 Å². The van der Waals surface area contributed by atoms with E-state index in [0.29, 0.717) is 18.9 Å². The van der Waals surface area contributed by atoms with Gasteiger partial charge in [-0.15, -0.1) is 0 Å². The number of rotatable bonds is 10. The highest BCUT2D eigenvalue weighted by Gasteiger charge is 2.31. The summed E-state index contributed by atoms with van der Waals surface area (Å²) in [5.41, 5.74) is 2.49. The van der Waals surface area contributed by atoms with Crippen LogP contribution in [0.1, 0.15) is 30.5 Å². The monoisotopic (exact) mass is 451 g/mol. The normalized spacial score (nSPS) is 11.4. The van der Waals surface area contributed by atoms with Crippen molar-refractivity contribution in [3.63, 3.8) is 0 Å². The average Bonchev–Trinajstić information content (AvgIpc) is 2.77. The molecule has 0 aromatic heterocycles. The first-order valence-electron chi connectivity index (χ1n) is 10.7. The summed E-state index contributed by atoms with van der Waals surface area (Å²) < 4.78 is 11.4. The number of hydrogen-bond acceptors (Lipinski definition) is 4. The predicted molar refractivity (Wildman–Crippen MR) is 129 cm³/mol. The van der Waals surface area contributed by atoms with E-state index in [0.717, 1.165) is 23.6 Å². The van der Waals surface area contributed by atoms with Crippen molar-refractivity contribution in [1.29, 1.82) is 0 Å². The average molecular weight is 452 g/mol. The molecule has 0 amide bonds. The number of halogens is 1. The molecule has 0 saturated heterocycles. The van der Waals surface area contributed by atoms with Crippen molar-refractivity contribution in [1.82, 2.24) is 4.90 Å². The minimum Gasteiger partial charge on any atom is -0.476 e. The highest BCUT2D eigenvalue weighted by atomic mass is 35.5. The Morgan fingerprint density at radius 2 is 1.47 bits per heavy atom. The molecule has 0 unspecified atom stereocenters. The van der Waals surface area contributed by atoms with Crippen LogP contribution in [0.25, 0.3) is 0 Å². The van der Waals surface area contributed by atoms with Gasteiger partial charge in [-0.3, -0.25) is 4.90 Å². The number of likely N-dealkylation sites (N-methyl/N-ethyl adjacent to an activating group) is 1. The van der Waals surface area contributed by atoms with Gasteiger partial charge in [0.05, 0.1) is 0 Å². The van der Waals surface area contributed by atoms with Gasteiger partial charge in [0, 0.05) is 18.1 Å². The zero-order valence-electron chi connectivity index (χ0n) is 18.9. The second-order valence-electron chi connectivity index (χ2n) is 8.42. The lowest BCUT2D eigenvalue weighted by Gasteiger charge is -2.25. The molecule has 0 aliphatic carbocycles. The van der Waals surface area contributed by atoms with E-state index >= 15 is 0 Å². The summed E-state index contributed by atoms with van der Waals surface area (Å²) >= 11 is 5.95. The summed E-state index contributed by atoms with van der Waals surface area (Å²) in [5.74, 6) is 0.254. The van der Waals surface area contributed by atoms with E-state index in [9.17, 15) is 4.79 Å². The van der Waals surface area contributed by atoms with Gasteiger partial charge < -0.3 is 9.47 Å². The molecule has 0 spiro atoms. The molecular formula is C27H30ClNO3. The van der Waals surface area contributed by atoms with Crippen molar-refractivity contribution in [3.05, 3.63) is 101 Å². The van der Waals surface area contributed by atoms with Crippen LogP contribution in [-0.2, 0) is 22.5 Å². The third-order valence-corrected chi connectivity index (χ3v) is 5.36. The number of benzene rings is 3. The fourth-order valence-electron chi connectivity index (χ4n) is 3.29. The number of ether oxygens (including phenoxy) is 2. The van der Waals surface area contributed by atoms with Crippen molar-refractivity contribution in [2.45, 2.75) is 32.4 Å². The van der Waals surface area contributed by atoms with Crippen molar-refractivity contribution in [3.8, 4) is 5.75 Å². The quantitative estimate of drug-likeness (QED) is 0.367. The fourth-order valence-corrected chi connectivity index (χ4v) is 3.42. The van der Waals surface area contributed by atoms with Gasteiger partial charge in [-0.05, 0) is 68.3 Å². The Hall–Kier alpha value is -2.82. The molecule has 0 radical (unpaired) electrons. The van der Waals surface area contributed by atoms with Crippen LogP contribution in [0.15, 0.2) is 78.9 Å². The van der Waals surface area contributed by atoms with Crippen LogP contribution >= 0.6 is 11.6 Å². The Morgan fingerprint density at radius 3 is 2.09 bits per heavy atom. The van der Waals surface area contributed by atoms with Crippen molar-refractivity contribution < 1.29 is 14.3 Å². The zero-order valence-corrected chi connectivity index (χ0v) is 19.6. The molecular weight excluding hydrogens is 422 g/mol. The van der Waals surface area contributed by atoms with Crippen LogP contribution in [0.3, 0.4) is 0 Å². The topological polar surface area (TPSA) is 38.8 Å². The molecule has 4 nitrogen and oxygen atoms in total. The van der Waals surface area contributed by atoms with Crippen LogP contribution in [0, 0.1) is 0 Å². The fraction of sp³-hybridized carbons (Fsp3) is 0.296. The van der Waals surface area contributed by atoms with E-state index in [2.05, 4.69) is 17.0 Å². The Morgan fingerprint density at radius 1 is 0.875 bits per heavy atom. The highest BCUT2D eigenvalue weighted by molar-refractivity contribution is 6.30. The minimum absolute atomic E-state index is 0.314. The van der Waals surface area contributed by atoms with Crippen LogP contribution in [0.4, 0.5) is 0 Å². The molecule has 0 saturated carbocycles. The minimum atomic E-state index is -1.07. The van der Waals surface area contributed by atoms with E-state index in [1.807, 2.05) is 73.8 Å². The molecule has 3 rings (SSSR count). The molecule has 0 aliphatic heterocycles. The molecule has 0 atom stereocenters. The Balaban J connectivity index is 1.45. The second kappa shape index (κ2) is 11.2. The first kappa shape index (κ1) is 23.8. The number of esters is 1. The maximum absolute atomic E-state index is 12.6. The lowest BCUT2D eigenvalue weighted by atomic mass is 10.0. The van der Waals surface area contributed by atoms with E-state index in [4.69, 9.17) is 21.1 Å².